The number of amides is 1. The van der Waals surface area contributed by atoms with E-state index in [9.17, 15) is 18.0 Å². The van der Waals surface area contributed by atoms with Gasteiger partial charge in [0.2, 0.25) is 0 Å². The number of ether oxygens (including phenoxy) is 1. The average molecular weight is 395 g/mol. The number of benzene rings is 1. The lowest BCUT2D eigenvalue weighted by molar-refractivity contribution is -0.274. The van der Waals surface area contributed by atoms with Gasteiger partial charge in [-0.1, -0.05) is 12.1 Å². The first-order valence-electron chi connectivity index (χ1n) is 8.63. The summed E-state index contributed by atoms with van der Waals surface area (Å²) in [4.78, 5) is 18.1. The quantitative estimate of drug-likeness (QED) is 0.792. The summed E-state index contributed by atoms with van der Waals surface area (Å²) >= 11 is 0. The Morgan fingerprint density at radius 3 is 2.46 bits per heavy atom. The molecule has 2 heterocycles. The molecule has 0 aliphatic carbocycles. The van der Waals surface area contributed by atoms with Crippen LogP contribution in [0, 0.1) is 0 Å². The molecule has 1 amide bonds. The number of carbonyl (C=O) groups excluding carboxylic acids is 1. The Kier molecular flexibility index (Phi) is 5.57. The summed E-state index contributed by atoms with van der Waals surface area (Å²) in [5.74, 6) is -0.293. The van der Waals surface area contributed by atoms with Crippen molar-refractivity contribution in [3.05, 3.63) is 42.1 Å². The van der Waals surface area contributed by atoms with Gasteiger partial charge in [0.15, 0.2) is 5.82 Å². The van der Waals surface area contributed by atoms with Gasteiger partial charge >= 0.3 is 6.36 Å². The lowest BCUT2D eigenvalue weighted by atomic mass is 10.1. The zero-order valence-corrected chi connectivity index (χ0v) is 15.5. The molecule has 0 saturated carbocycles. The molecular weight excluding hydrogens is 375 g/mol. The topological polar surface area (TPSA) is 61.8 Å². The molecule has 0 unspecified atom stereocenters. The van der Waals surface area contributed by atoms with E-state index < -0.39 is 18.0 Å². The Balaban J connectivity index is 1.69. The minimum absolute atomic E-state index is 0.109. The van der Waals surface area contributed by atoms with E-state index in [2.05, 4.69) is 14.9 Å². The Morgan fingerprint density at radius 1 is 1.14 bits per heavy atom. The van der Waals surface area contributed by atoms with Gasteiger partial charge in [-0.2, -0.15) is 5.10 Å². The van der Waals surface area contributed by atoms with E-state index in [-0.39, 0.29) is 5.56 Å². The molecule has 1 saturated heterocycles. The van der Waals surface area contributed by atoms with Crippen molar-refractivity contribution in [1.82, 2.24) is 15.1 Å². The summed E-state index contributed by atoms with van der Waals surface area (Å²) in [6.45, 7) is 1.71. The Labute approximate surface area is 160 Å². The Morgan fingerprint density at radius 2 is 1.82 bits per heavy atom. The minimum atomic E-state index is -4.86. The van der Waals surface area contributed by atoms with Crippen LogP contribution in [-0.4, -0.2) is 67.6 Å². The summed E-state index contributed by atoms with van der Waals surface area (Å²) in [6, 6.07) is 7.28. The fourth-order valence-electron chi connectivity index (χ4n) is 2.91. The maximum atomic E-state index is 12.7. The second-order valence-electron chi connectivity index (χ2n) is 6.49. The van der Waals surface area contributed by atoms with E-state index in [0.29, 0.717) is 32.0 Å². The van der Waals surface area contributed by atoms with Crippen molar-refractivity contribution in [3.63, 3.8) is 0 Å². The number of aromatic nitrogens is 2. The number of hydrogen-bond donors (Lipinski definition) is 0. The van der Waals surface area contributed by atoms with Crippen LogP contribution in [0.4, 0.5) is 24.7 Å². The molecule has 3 rings (SSSR count). The number of hydrogen-bond acceptors (Lipinski definition) is 6. The summed E-state index contributed by atoms with van der Waals surface area (Å²) in [6.07, 6.45) is -3.20. The fraction of sp³-hybridized carbons (Fsp3) is 0.389. The highest BCUT2D eigenvalue weighted by molar-refractivity contribution is 5.97. The number of carbonyl (C=O) groups is 1. The van der Waals surface area contributed by atoms with Crippen LogP contribution < -0.4 is 14.5 Å². The molecule has 0 radical (unpaired) electrons. The van der Waals surface area contributed by atoms with Gasteiger partial charge < -0.3 is 19.4 Å². The van der Waals surface area contributed by atoms with E-state index in [1.54, 1.807) is 6.20 Å². The molecule has 1 fully saturated rings. The van der Waals surface area contributed by atoms with Crippen LogP contribution in [0.25, 0.3) is 0 Å². The molecular formula is C18H20F3N5O2. The fourth-order valence-corrected chi connectivity index (χ4v) is 2.91. The van der Waals surface area contributed by atoms with Crippen molar-refractivity contribution in [2.45, 2.75) is 6.36 Å². The van der Waals surface area contributed by atoms with Crippen molar-refractivity contribution in [3.8, 4) is 5.75 Å². The van der Waals surface area contributed by atoms with E-state index in [0.717, 1.165) is 11.8 Å². The van der Waals surface area contributed by atoms with Crippen LogP contribution >= 0.6 is 0 Å². The lowest BCUT2D eigenvalue weighted by Gasteiger charge is -2.35. The van der Waals surface area contributed by atoms with Gasteiger partial charge in [0, 0.05) is 46.3 Å². The summed E-state index contributed by atoms with van der Waals surface area (Å²) < 4.78 is 41.7. The smallest absolute Gasteiger partial charge is 0.405 e. The molecule has 0 N–H and O–H groups in total. The monoisotopic (exact) mass is 395 g/mol. The molecule has 1 aliphatic rings. The van der Waals surface area contributed by atoms with E-state index in [1.165, 1.54) is 23.1 Å². The first kappa shape index (κ1) is 19.7. The molecule has 1 aromatic heterocycles. The van der Waals surface area contributed by atoms with Gasteiger partial charge in [0.1, 0.15) is 5.75 Å². The first-order valence-corrected chi connectivity index (χ1v) is 8.63. The number of piperazine rings is 1. The van der Waals surface area contributed by atoms with Crippen LogP contribution in [0.2, 0.25) is 0 Å². The van der Waals surface area contributed by atoms with Crippen LogP contribution in [0.1, 0.15) is 10.4 Å². The highest BCUT2D eigenvalue weighted by atomic mass is 19.4. The van der Waals surface area contributed by atoms with Gasteiger partial charge in [-0.15, -0.1) is 18.3 Å². The van der Waals surface area contributed by atoms with Crippen molar-refractivity contribution in [1.29, 1.82) is 0 Å². The highest BCUT2D eigenvalue weighted by Crippen LogP contribution is 2.27. The number of para-hydroxylation sites is 1. The third-order valence-corrected chi connectivity index (χ3v) is 4.38. The average Bonchev–Trinajstić information content (AvgIpc) is 2.67. The second kappa shape index (κ2) is 7.91. The van der Waals surface area contributed by atoms with Gasteiger partial charge in [-0.05, 0) is 12.1 Å². The predicted molar refractivity (Wildman–Crippen MR) is 97.6 cm³/mol. The number of alkyl halides is 3. The Hall–Kier alpha value is -3.04. The van der Waals surface area contributed by atoms with Crippen molar-refractivity contribution in [2.75, 3.05) is 50.1 Å². The second-order valence-corrected chi connectivity index (χ2v) is 6.49. The van der Waals surface area contributed by atoms with Crippen LogP contribution in [0.15, 0.2) is 36.5 Å². The molecule has 1 aliphatic heterocycles. The first-order chi connectivity index (χ1) is 13.2. The molecule has 0 spiro atoms. The lowest BCUT2D eigenvalue weighted by Crippen LogP contribution is -2.49. The van der Waals surface area contributed by atoms with Gasteiger partial charge in [-0.3, -0.25) is 4.79 Å². The third-order valence-electron chi connectivity index (χ3n) is 4.38. The minimum Gasteiger partial charge on any atom is -0.405 e. The summed E-state index contributed by atoms with van der Waals surface area (Å²) in [5, 5.41) is 8.12. The Bertz CT molecular complexity index is 836. The third kappa shape index (κ3) is 4.62. The maximum absolute atomic E-state index is 12.7. The number of nitrogens with zero attached hydrogens (tertiary/aromatic N) is 5. The molecule has 2 aromatic rings. The molecule has 7 nitrogen and oxygen atoms in total. The predicted octanol–water partition coefficient (Wildman–Crippen LogP) is 2.40. The summed E-state index contributed by atoms with van der Waals surface area (Å²) in [7, 11) is 3.80. The normalized spacial score (nSPS) is 14.8. The highest BCUT2D eigenvalue weighted by Gasteiger charge is 2.34. The van der Waals surface area contributed by atoms with Crippen molar-refractivity contribution < 1.29 is 22.7 Å². The van der Waals surface area contributed by atoms with Crippen molar-refractivity contribution in [2.24, 2.45) is 0 Å². The number of rotatable bonds is 4. The molecule has 10 heteroatoms. The van der Waals surface area contributed by atoms with Gasteiger partial charge in [-0.25, -0.2) is 0 Å². The van der Waals surface area contributed by atoms with Crippen LogP contribution in [0.3, 0.4) is 0 Å². The molecule has 0 atom stereocenters. The number of anilines is 2. The van der Waals surface area contributed by atoms with Crippen molar-refractivity contribution >= 4 is 17.4 Å². The van der Waals surface area contributed by atoms with Gasteiger partial charge in [0.05, 0.1) is 17.4 Å². The van der Waals surface area contributed by atoms with Gasteiger partial charge in [0.25, 0.3) is 5.91 Å². The van der Waals surface area contributed by atoms with E-state index in [4.69, 9.17) is 0 Å². The SMILES string of the molecule is CN(C)c1cnnc(N2CCN(C(=O)c3ccccc3OC(F)(F)F)CC2)c1. The van der Waals surface area contributed by atoms with Crippen LogP contribution in [0.5, 0.6) is 5.75 Å². The largest absolute Gasteiger partial charge is 0.573 e. The molecule has 1 aromatic carbocycles. The van der Waals surface area contributed by atoms with E-state index in [1.807, 2.05) is 30.0 Å². The zero-order valence-electron chi connectivity index (χ0n) is 15.5. The molecule has 150 valence electrons. The van der Waals surface area contributed by atoms with E-state index >= 15 is 0 Å². The standard InChI is InChI=1S/C18H20F3N5O2/c1-24(2)13-11-16(23-22-12-13)25-7-9-26(10-8-25)17(27)14-5-3-4-6-15(14)28-18(19,20)21/h3-6,11-12H,7-10H2,1-2H3. The number of halogens is 3. The molecule has 28 heavy (non-hydrogen) atoms. The molecule has 0 bridgehead atoms. The van der Waals surface area contributed by atoms with Crippen LogP contribution in [-0.2, 0) is 0 Å². The summed E-state index contributed by atoms with van der Waals surface area (Å²) in [5.41, 5.74) is 0.796. The zero-order chi connectivity index (χ0) is 20.3. The maximum Gasteiger partial charge on any atom is 0.573 e.